The number of aliphatic hydroxyl groups excluding tert-OH is 1. The number of alkyl halides is 3. The van der Waals surface area contributed by atoms with Crippen molar-refractivity contribution < 1.29 is 18.3 Å². The average Bonchev–Trinajstić information content (AvgIpc) is 2.80. The van der Waals surface area contributed by atoms with Crippen LogP contribution in [-0.4, -0.2) is 19.9 Å². The van der Waals surface area contributed by atoms with E-state index in [2.05, 4.69) is 26.1 Å². The van der Waals surface area contributed by atoms with Gasteiger partial charge in [0.2, 0.25) is 0 Å². The topological polar surface area (TPSA) is 50.9 Å². The molecule has 0 aliphatic carbocycles. The van der Waals surface area contributed by atoms with Gasteiger partial charge in [-0.3, -0.25) is 0 Å². The Balaban J connectivity index is 2.60. The molecule has 0 bridgehead atoms. The fourth-order valence-electron chi connectivity index (χ4n) is 1.86. The van der Waals surface area contributed by atoms with Crippen LogP contribution in [0.4, 0.5) is 13.2 Å². The van der Waals surface area contributed by atoms with Crippen LogP contribution in [0.2, 0.25) is 0 Å². The second kappa shape index (κ2) is 5.53. The largest absolute Gasteiger partial charge is 0.416 e. The smallest absolute Gasteiger partial charge is 0.388 e. The molecule has 108 valence electrons. The van der Waals surface area contributed by atoms with Gasteiger partial charge in [-0.1, -0.05) is 15.9 Å². The highest BCUT2D eigenvalue weighted by atomic mass is 79.9. The second-order valence-corrected chi connectivity index (χ2v) is 4.89. The molecule has 0 unspecified atom stereocenters. The van der Waals surface area contributed by atoms with Crippen molar-refractivity contribution in [1.29, 1.82) is 0 Å². The van der Waals surface area contributed by atoms with E-state index >= 15 is 0 Å². The minimum absolute atomic E-state index is 0.286. The molecule has 1 heterocycles. The van der Waals surface area contributed by atoms with Crippen molar-refractivity contribution in [1.82, 2.24) is 14.8 Å². The number of hydrogen-bond donors (Lipinski definition) is 1. The molecule has 8 heteroatoms. The number of benzene rings is 1. The molecule has 1 aromatic carbocycles. The summed E-state index contributed by atoms with van der Waals surface area (Å²) in [7, 11) is 0. The summed E-state index contributed by atoms with van der Waals surface area (Å²) in [6.07, 6.45) is -4.42. The zero-order valence-corrected chi connectivity index (χ0v) is 12.0. The van der Waals surface area contributed by atoms with E-state index in [1.54, 1.807) is 11.5 Å². The first kappa shape index (κ1) is 15.0. The fraction of sp³-hybridized carbons (Fsp3) is 0.333. The first-order chi connectivity index (χ1) is 9.38. The maximum atomic E-state index is 12.8. The van der Waals surface area contributed by atoms with Gasteiger partial charge in [0, 0.05) is 16.6 Å². The van der Waals surface area contributed by atoms with Gasteiger partial charge in [-0.15, -0.1) is 10.2 Å². The number of halogens is 4. The molecule has 0 aliphatic rings. The molecule has 0 saturated carbocycles. The standard InChI is InChI=1S/C12H11BrF3N3O/c1-2-19-10(6-20)17-18-11(19)8-5-7(12(14,15)16)3-4-9(8)13/h3-5,20H,2,6H2,1H3. The van der Waals surface area contributed by atoms with Crippen LogP contribution in [0.1, 0.15) is 18.3 Å². The third kappa shape index (κ3) is 2.71. The Morgan fingerprint density at radius 1 is 1.30 bits per heavy atom. The van der Waals surface area contributed by atoms with Crippen molar-refractivity contribution in [2.24, 2.45) is 0 Å². The van der Waals surface area contributed by atoms with Gasteiger partial charge in [0.1, 0.15) is 6.61 Å². The summed E-state index contributed by atoms with van der Waals surface area (Å²) in [5.74, 6) is 0.598. The number of aliphatic hydroxyl groups is 1. The van der Waals surface area contributed by atoms with Crippen LogP contribution in [0.3, 0.4) is 0 Å². The molecule has 0 saturated heterocycles. The highest BCUT2D eigenvalue weighted by Crippen LogP contribution is 2.35. The molecule has 1 aromatic heterocycles. The summed E-state index contributed by atoms with van der Waals surface area (Å²) in [5, 5.41) is 16.8. The van der Waals surface area contributed by atoms with E-state index in [1.165, 1.54) is 6.07 Å². The minimum atomic E-state index is -4.42. The second-order valence-electron chi connectivity index (χ2n) is 4.03. The van der Waals surface area contributed by atoms with E-state index in [4.69, 9.17) is 5.11 Å². The molecule has 4 nitrogen and oxygen atoms in total. The quantitative estimate of drug-likeness (QED) is 0.925. The molecule has 20 heavy (non-hydrogen) atoms. The number of nitrogens with zero attached hydrogens (tertiary/aromatic N) is 3. The molecular weight excluding hydrogens is 339 g/mol. The van der Waals surface area contributed by atoms with Crippen molar-refractivity contribution in [3.8, 4) is 11.4 Å². The van der Waals surface area contributed by atoms with Gasteiger partial charge in [0.05, 0.1) is 5.56 Å². The van der Waals surface area contributed by atoms with Crippen molar-refractivity contribution in [2.45, 2.75) is 26.3 Å². The van der Waals surface area contributed by atoms with Crippen molar-refractivity contribution in [3.63, 3.8) is 0 Å². The van der Waals surface area contributed by atoms with Gasteiger partial charge in [-0.25, -0.2) is 0 Å². The van der Waals surface area contributed by atoms with Crippen molar-refractivity contribution in [3.05, 3.63) is 34.1 Å². The highest BCUT2D eigenvalue weighted by molar-refractivity contribution is 9.10. The van der Waals surface area contributed by atoms with Crippen LogP contribution in [0.15, 0.2) is 22.7 Å². The molecule has 0 amide bonds. The van der Waals surface area contributed by atoms with Crippen LogP contribution in [0.5, 0.6) is 0 Å². The summed E-state index contributed by atoms with van der Waals surface area (Å²) in [6, 6.07) is 3.33. The molecule has 0 atom stereocenters. The van der Waals surface area contributed by atoms with Gasteiger partial charge >= 0.3 is 6.18 Å². The third-order valence-electron chi connectivity index (χ3n) is 2.82. The maximum Gasteiger partial charge on any atom is 0.416 e. The van der Waals surface area contributed by atoms with Crippen LogP contribution in [0.25, 0.3) is 11.4 Å². The third-order valence-corrected chi connectivity index (χ3v) is 3.51. The number of hydrogen-bond acceptors (Lipinski definition) is 3. The summed E-state index contributed by atoms with van der Waals surface area (Å²) in [5.41, 5.74) is -0.472. The monoisotopic (exact) mass is 349 g/mol. The molecule has 1 N–H and O–H groups in total. The molecule has 0 spiro atoms. The lowest BCUT2D eigenvalue weighted by Crippen LogP contribution is -2.07. The Hall–Kier alpha value is -1.41. The van der Waals surface area contributed by atoms with Gasteiger partial charge < -0.3 is 9.67 Å². The molecule has 0 radical (unpaired) electrons. The van der Waals surface area contributed by atoms with Crippen LogP contribution >= 0.6 is 15.9 Å². The van der Waals surface area contributed by atoms with E-state index in [9.17, 15) is 13.2 Å². The zero-order valence-electron chi connectivity index (χ0n) is 10.4. The zero-order chi connectivity index (χ0) is 14.9. The van der Waals surface area contributed by atoms with E-state index in [1.807, 2.05) is 0 Å². The summed E-state index contributed by atoms with van der Waals surface area (Å²) in [6.45, 7) is 1.92. The predicted octanol–water partition coefficient (Wildman–Crippen LogP) is 3.24. The Morgan fingerprint density at radius 2 is 2.00 bits per heavy atom. The molecule has 0 fully saturated rings. The summed E-state index contributed by atoms with van der Waals surface area (Å²) >= 11 is 3.22. The van der Waals surface area contributed by atoms with E-state index in [0.717, 1.165) is 12.1 Å². The van der Waals surface area contributed by atoms with Crippen molar-refractivity contribution in [2.75, 3.05) is 0 Å². The van der Waals surface area contributed by atoms with Crippen LogP contribution < -0.4 is 0 Å². The normalized spacial score (nSPS) is 11.9. The number of rotatable bonds is 3. The Kier molecular flexibility index (Phi) is 4.14. The molecule has 2 rings (SSSR count). The Labute approximate surface area is 121 Å². The molecular formula is C12H11BrF3N3O. The van der Waals surface area contributed by atoms with Gasteiger partial charge in [-0.2, -0.15) is 13.2 Å². The molecule has 0 aliphatic heterocycles. The van der Waals surface area contributed by atoms with Gasteiger partial charge in [0.25, 0.3) is 0 Å². The number of aromatic nitrogens is 3. The van der Waals surface area contributed by atoms with E-state index in [-0.39, 0.29) is 18.0 Å². The predicted molar refractivity (Wildman–Crippen MR) is 69.8 cm³/mol. The van der Waals surface area contributed by atoms with Gasteiger partial charge in [0.15, 0.2) is 11.6 Å². The molecule has 2 aromatic rings. The Morgan fingerprint density at radius 3 is 2.55 bits per heavy atom. The lowest BCUT2D eigenvalue weighted by molar-refractivity contribution is -0.137. The lowest BCUT2D eigenvalue weighted by atomic mass is 10.1. The maximum absolute atomic E-state index is 12.8. The first-order valence-electron chi connectivity index (χ1n) is 5.78. The van der Waals surface area contributed by atoms with E-state index in [0.29, 0.717) is 16.8 Å². The van der Waals surface area contributed by atoms with Crippen LogP contribution in [-0.2, 0) is 19.3 Å². The van der Waals surface area contributed by atoms with E-state index < -0.39 is 11.7 Å². The average molecular weight is 350 g/mol. The lowest BCUT2D eigenvalue weighted by Gasteiger charge is -2.11. The SMILES string of the molecule is CCn1c(CO)nnc1-c1cc(C(F)(F)F)ccc1Br. The fourth-order valence-corrected chi connectivity index (χ4v) is 2.28. The Bertz CT molecular complexity index is 625. The minimum Gasteiger partial charge on any atom is -0.388 e. The highest BCUT2D eigenvalue weighted by Gasteiger charge is 2.31. The summed E-state index contributed by atoms with van der Waals surface area (Å²) in [4.78, 5) is 0. The first-order valence-corrected chi connectivity index (χ1v) is 6.57. The summed E-state index contributed by atoms with van der Waals surface area (Å²) < 4.78 is 40.4. The van der Waals surface area contributed by atoms with Gasteiger partial charge in [-0.05, 0) is 25.1 Å². The van der Waals surface area contributed by atoms with Crippen molar-refractivity contribution >= 4 is 15.9 Å². The van der Waals surface area contributed by atoms with Crippen LogP contribution in [0, 0.1) is 0 Å².